The van der Waals surface area contributed by atoms with Gasteiger partial charge in [-0.2, -0.15) is 0 Å². The van der Waals surface area contributed by atoms with Crippen molar-refractivity contribution in [1.29, 1.82) is 0 Å². The molecular formula is C14H14N2O3. The fraction of sp³-hybridized carbons (Fsp3) is 0.286. The highest BCUT2D eigenvalue weighted by molar-refractivity contribution is 5.76. The van der Waals surface area contributed by atoms with Crippen LogP contribution in [0.1, 0.15) is 22.7 Å². The average molecular weight is 258 g/mol. The summed E-state index contributed by atoms with van der Waals surface area (Å²) in [6.45, 7) is 1.87. The van der Waals surface area contributed by atoms with Gasteiger partial charge in [-0.25, -0.2) is 0 Å². The molecule has 1 aromatic heterocycles. The Kier molecular flexibility index (Phi) is 3.05. The number of carboxylic acids is 1. The summed E-state index contributed by atoms with van der Waals surface area (Å²) in [6.07, 6.45) is 1.54. The number of aromatic nitrogens is 1. The summed E-state index contributed by atoms with van der Waals surface area (Å²) in [7, 11) is 0. The molecule has 1 unspecified atom stereocenters. The zero-order valence-corrected chi connectivity index (χ0v) is 10.3. The van der Waals surface area contributed by atoms with Crippen molar-refractivity contribution in [2.75, 3.05) is 6.54 Å². The van der Waals surface area contributed by atoms with E-state index in [9.17, 15) is 9.90 Å². The van der Waals surface area contributed by atoms with E-state index in [1.54, 1.807) is 6.26 Å². The minimum atomic E-state index is -0.854. The Labute approximate surface area is 110 Å². The van der Waals surface area contributed by atoms with Crippen LogP contribution in [-0.4, -0.2) is 27.7 Å². The number of benzene rings is 1. The first-order valence-electron chi connectivity index (χ1n) is 6.16. The van der Waals surface area contributed by atoms with Crippen LogP contribution in [0.4, 0.5) is 0 Å². The lowest BCUT2D eigenvalue weighted by Gasteiger charge is -2.29. The van der Waals surface area contributed by atoms with Gasteiger partial charge in [0, 0.05) is 25.2 Å². The molecule has 1 atom stereocenters. The van der Waals surface area contributed by atoms with Gasteiger partial charge in [0.2, 0.25) is 0 Å². The maximum Gasteiger partial charge on any atom is 0.314 e. The second-order valence-corrected chi connectivity index (χ2v) is 4.77. The Morgan fingerprint density at radius 2 is 2.21 bits per heavy atom. The van der Waals surface area contributed by atoms with E-state index in [2.05, 4.69) is 10.1 Å². The van der Waals surface area contributed by atoms with E-state index in [1.807, 2.05) is 30.3 Å². The van der Waals surface area contributed by atoms with Gasteiger partial charge in [0.25, 0.3) is 0 Å². The molecule has 5 heteroatoms. The number of rotatable bonds is 3. The first kappa shape index (κ1) is 11.9. The van der Waals surface area contributed by atoms with Crippen LogP contribution >= 0.6 is 0 Å². The highest BCUT2D eigenvalue weighted by atomic mass is 16.5. The molecule has 0 saturated carbocycles. The fourth-order valence-electron chi connectivity index (χ4n) is 2.48. The van der Waals surface area contributed by atoms with Gasteiger partial charge in [-0.05, 0) is 5.56 Å². The molecule has 98 valence electrons. The maximum absolute atomic E-state index is 11.3. The topological polar surface area (TPSA) is 66.6 Å². The lowest BCUT2D eigenvalue weighted by molar-refractivity contribution is -0.139. The summed E-state index contributed by atoms with van der Waals surface area (Å²) in [5.41, 5.74) is 2.61. The highest BCUT2D eigenvalue weighted by Crippen LogP contribution is 2.28. The molecule has 0 aliphatic carbocycles. The summed E-state index contributed by atoms with van der Waals surface area (Å²) in [4.78, 5) is 13.4. The van der Waals surface area contributed by atoms with Crippen LogP contribution in [-0.2, 0) is 17.9 Å². The van der Waals surface area contributed by atoms with Crippen molar-refractivity contribution < 1.29 is 14.4 Å². The van der Waals surface area contributed by atoms with E-state index in [0.29, 0.717) is 18.8 Å². The molecule has 0 bridgehead atoms. The number of hydrogen-bond acceptors (Lipinski definition) is 4. The lowest BCUT2D eigenvalue weighted by atomic mass is 9.96. The van der Waals surface area contributed by atoms with Crippen molar-refractivity contribution in [2.45, 2.75) is 19.0 Å². The van der Waals surface area contributed by atoms with Gasteiger partial charge >= 0.3 is 5.97 Å². The molecule has 0 fully saturated rings. The molecule has 0 saturated heterocycles. The third-order valence-electron chi connectivity index (χ3n) is 3.39. The van der Waals surface area contributed by atoms with Crippen molar-refractivity contribution in [1.82, 2.24) is 10.1 Å². The van der Waals surface area contributed by atoms with Gasteiger partial charge in [-0.3, -0.25) is 9.69 Å². The van der Waals surface area contributed by atoms with Gasteiger partial charge in [-0.15, -0.1) is 0 Å². The minimum Gasteiger partial charge on any atom is -0.481 e. The van der Waals surface area contributed by atoms with Gasteiger partial charge in [0.05, 0.1) is 0 Å². The number of carboxylic acid groups (broad SMARTS) is 1. The summed E-state index contributed by atoms with van der Waals surface area (Å²) < 4.78 is 4.91. The molecule has 2 heterocycles. The van der Waals surface area contributed by atoms with Crippen LogP contribution in [0.3, 0.4) is 0 Å². The summed E-state index contributed by atoms with van der Waals surface area (Å²) >= 11 is 0. The lowest BCUT2D eigenvalue weighted by Crippen LogP contribution is -2.36. The molecule has 0 radical (unpaired) electrons. The van der Waals surface area contributed by atoms with Crippen molar-refractivity contribution in [3.05, 3.63) is 53.4 Å². The van der Waals surface area contributed by atoms with Crippen LogP contribution in [0, 0.1) is 0 Å². The quantitative estimate of drug-likeness (QED) is 0.910. The average Bonchev–Trinajstić information content (AvgIpc) is 2.87. The van der Waals surface area contributed by atoms with Gasteiger partial charge < -0.3 is 9.63 Å². The largest absolute Gasteiger partial charge is 0.481 e. The molecule has 19 heavy (non-hydrogen) atoms. The standard InChI is InChI=1S/C14H14N2O3/c17-14(18)12-8-16(6-10-4-2-1-3-5-10)7-11-9-19-15-13(11)12/h1-5,9,12H,6-8H2,(H,17,18). The SMILES string of the molecule is O=C(O)C1CN(Cc2ccccc2)Cc2conc21. The Morgan fingerprint density at radius 3 is 2.95 bits per heavy atom. The molecule has 1 N–H and O–H groups in total. The second-order valence-electron chi connectivity index (χ2n) is 4.77. The van der Waals surface area contributed by atoms with Gasteiger partial charge in [0.15, 0.2) is 0 Å². The zero-order valence-electron chi connectivity index (χ0n) is 10.3. The van der Waals surface area contributed by atoms with Gasteiger partial charge in [0.1, 0.15) is 17.9 Å². The Bertz CT molecular complexity index is 579. The molecule has 0 amide bonds. The van der Waals surface area contributed by atoms with E-state index >= 15 is 0 Å². The summed E-state index contributed by atoms with van der Waals surface area (Å²) in [6, 6.07) is 10.0. The minimum absolute atomic E-state index is 0.462. The second kappa shape index (κ2) is 4.85. The van der Waals surface area contributed by atoms with E-state index in [4.69, 9.17) is 4.52 Å². The number of nitrogens with zero attached hydrogens (tertiary/aromatic N) is 2. The zero-order chi connectivity index (χ0) is 13.2. The maximum atomic E-state index is 11.3. The number of hydrogen-bond donors (Lipinski definition) is 1. The number of carbonyl (C=O) groups is 1. The first-order chi connectivity index (χ1) is 9.24. The summed E-state index contributed by atoms with van der Waals surface area (Å²) in [5.74, 6) is -1.46. The molecule has 5 nitrogen and oxygen atoms in total. The third kappa shape index (κ3) is 2.37. The molecule has 1 aliphatic heterocycles. The molecule has 3 rings (SSSR count). The van der Waals surface area contributed by atoms with Crippen LogP contribution in [0.25, 0.3) is 0 Å². The van der Waals surface area contributed by atoms with Crippen molar-refractivity contribution in [2.24, 2.45) is 0 Å². The first-order valence-corrected chi connectivity index (χ1v) is 6.16. The van der Waals surface area contributed by atoms with Crippen LogP contribution in [0.5, 0.6) is 0 Å². The smallest absolute Gasteiger partial charge is 0.314 e. The predicted molar refractivity (Wildman–Crippen MR) is 67.4 cm³/mol. The number of aliphatic carboxylic acids is 1. The molecule has 2 aromatic rings. The van der Waals surface area contributed by atoms with E-state index < -0.39 is 11.9 Å². The van der Waals surface area contributed by atoms with Crippen LogP contribution < -0.4 is 0 Å². The van der Waals surface area contributed by atoms with Crippen LogP contribution in [0.15, 0.2) is 41.1 Å². The molecular weight excluding hydrogens is 244 g/mol. The molecule has 1 aliphatic rings. The Balaban J connectivity index is 1.81. The van der Waals surface area contributed by atoms with Crippen molar-refractivity contribution >= 4 is 5.97 Å². The number of fused-ring (bicyclic) bond motifs is 1. The fourth-order valence-corrected chi connectivity index (χ4v) is 2.48. The van der Waals surface area contributed by atoms with Gasteiger partial charge in [-0.1, -0.05) is 35.5 Å². The monoisotopic (exact) mass is 258 g/mol. The normalized spacial score (nSPS) is 19.1. The molecule has 1 aromatic carbocycles. The van der Waals surface area contributed by atoms with E-state index in [0.717, 1.165) is 12.1 Å². The van der Waals surface area contributed by atoms with Crippen LogP contribution in [0.2, 0.25) is 0 Å². The van der Waals surface area contributed by atoms with E-state index in [-0.39, 0.29) is 0 Å². The third-order valence-corrected chi connectivity index (χ3v) is 3.39. The van der Waals surface area contributed by atoms with Crippen molar-refractivity contribution in [3.8, 4) is 0 Å². The van der Waals surface area contributed by atoms with E-state index in [1.165, 1.54) is 5.56 Å². The Morgan fingerprint density at radius 1 is 1.42 bits per heavy atom. The highest BCUT2D eigenvalue weighted by Gasteiger charge is 2.33. The molecule has 0 spiro atoms. The summed E-state index contributed by atoms with van der Waals surface area (Å²) in [5, 5.41) is 13.1. The predicted octanol–water partition coefficient (Wildman–Crippen LogP) is 1.86. The van der Waals surface area contributed by atoms with Crippen molar-refractivity contribution in [3.63, 3.8) is 0 Å². The Hall–Kier alpha value is -2.14.